The molecule has 0 radical (unpaired) electrons. The Morgan fingerprint density at radius 1 is 0.593 bits per heavy atom. The molecule has 1 heterocycles. The summed E-state index contributed by atoms with van der Waals surface area (Å²) in [6.45, 7) is 14.4. The minimum Gasteiger partial charge on any atom is -0.256 e. The fraction of sp³-hybridized carbons (Fsp3) is 0.261. The van der Waals surface area contributed by atoms with E-state index in [1.807, 2.05) is 12.3 Å². The van der Waals surface area contributed by atoms with Crippen LogP contribution in [0.25, 0.3) is 0 Å². The molecule has 0 fully saturated rings. The van der Waals surface area contributed by atoms with Crippen LogP contribution in [0, 0.1) is 0 Å². The predicted molar refractivity (Wildman–Crippen MR) is 129 cm³/mol. The van der Waals surface area contributed by atoms with Crippen molar-refractivity contribution in [2.45, 2.75) is 39.3 Å². The molecule has 3 rings (SSSR count). The maximum Gasteiger partial charge on any atom is 0.0775 e. The Morgan fingerprint density at radius 2 is 1.04 bits per heavy atom. The predicted octanol–water partition coefficient (Wildman–Crippen LogP) is 3.93. The highest BCUT2D eigenvalue weighted by Crippen LogP contribution is 2.31. The molecule has 0 aliphatic carbocycles. The lowest BCUT2D eigenvalue weighted by Crippen LogP contribution is -2.38. The average Bonchev–Trinajstić information content (AvgIpc) is 2.62. The minimum absolute atomic E-state index is 0.623. The van der Waals surface area contributed by atoms with Gasteiger partial charge >= 0.3 is 0 Å². The lowest BCUT2D eigenvalue weighted by atomic mass is 10.4. The van der Waals surface area contributed by atoms with Gasteiger partial charge in [-0.05, 0) is 22.7 Å². The number of hydrogen-bond donors (Lipinski definition) is 0. The first-order valence-corrected chi connectivity index (χ1v) is 17.9. The van der Waals surface area contributed by atoms with Crippen molar-refractivity contribution in [3.05, 3.63) is 72.9 Å². The van der Waals surface area contributed by atoms with Gasteiger partial charge in [0.1, 0.15) is 0 Å². The van der Waals surface area contributed by atoms with Gasteiger partial charge in [0.15, 0.2) is 0 Å². The van der Waals surface area contributed by atoms with Gasteiger partial charge in [0, 0.05) is 14.1 Å². The van der Waals surface area contributed by atoms with Crippen LogP contribution in [0.5, 0.6) is 0 Å². The van der Waals surface area contributed by atoms with Gasteiger partial charge < -0.3 is 0 Å². The first kappa shape index (κ1) is 20.2. The summed E-state index contributed by atoms with van der Waals surface area (Å²) in [7, 11) is -3.19. The standard InChI is InChI=1S/C23H30NPSi2/c1-26(2,3)21-14-10-19(11-15-21)25(23-9-7-8-18-24-23)20-12-16-22(17-13-20)27(4,5)6/h7-18H,1-6H3. The number of benzene rings is 2. The van der Waals surface area contributed by atoms with Crippen LogP contribution in [0.15, 0.2) is 72.9 Å². The highest BCUT2D eigenvalue weighted by atomic mass is 31.1. The van der Waals surface area contributed by atoms with Gasteiger partial charge in [0.25, 0.3) is 0 Å². The number of pyridine rings is 1. The topological polar surface area (TPSA) is 12.9 Å². The molecule has 1 aromatic heterocycles. The van der Waals surface area contributed by atoms with E-state index in [-0.39, 0.29) is 0 Å². The van der Waals surface area contributed by atoms with Crippen molar-refractivity contribution >= 4 is 50.5 Å². The zero-order chi connectivity index (χ0) is 19.7. The summed E-state index contributed by atoms with van der Waals surface area (Å²) < 4.78 is 0. The van der Waals surface area contributed by atoms with E-state index in [1.54, 1.807) is 0 Å². The molecule has 1 nitrogen and oxygen atoms in total. The van der Waals surface area contributed by atoms with E-state index >= 15 is 0 Å². The molecular weight excluding hydrogens is 377 g/mol. The molecule has 2 aromatic carbocycles. The monoisotopic (exact) mass is 407 g/mol. The number of rotatable bonds is 5. The van der Waals surface area contributed by atoms with Gasteiger partial charge in [-0.25, -0.2) is 0 Å². The van der Waals surface area contributed by atoms with Gasteiger partial charge in [0.05, 0.1) is 21.6 Å². The summed E-state index contributed by atoms with van der Waals surface area (Å²) in [4.78, 5) is 4.72. The average molecular weight is 408 g/mol. The third kappa shape index (κ3) is 4.84. The molecule has 4 heteroatoms. The van der Waals surface area contributed by atoms with Crippen molar-refractivity contribution in [2.75, 3.05) is 0 Å². The van der Waals surface area contributed by atoms with Crippen LogP contribution in [0.3, 0.4) is 0 Å². The third-order valence-corrected chi connectivity index (χ3v) is 11.3. The zero-order valence-corrected chi connectivity index (χ0v) is 20.2. The van der Waals surface area contributed by atoms with Gasteiger partial charge in [-0.2, -0.15) is 0 Å². The molecule has 3 aromatic rings. The van der Waals surface area contributed by atoms with E-state index in [2.05, 4.69) is 99.9 Å². The summed E-state index contributed by atoms with van der Waals surface area (Å²) >= 11 is 0. The van der Waals surface area contributed by atoms with Gasteiger partial charge in [-0.15, -0.1) is 0 Å². The Morgan fingerprint density at radius 3 is 1.37 bits per heavy atom. The maximum absolute atomic E-state index is 4.72. The second-order valence-electron chi connectivity index (χ2n) is 9.12. The van der Waals surface area contributed by atoms with Gasteiger partial charge in [-0.1, -0.05) is 104 Å². The Labute approximate surface area is 167 Å². The molecule has 0 aliphatic heterocycles. The Balaban J connectivity index is 2.05. The molecule has 0 N–H and O–H groups in total. The van der Waals surface area contributed by atoms with Crippen molar-refractivity contribution in [1.29, 1.82) is 0 Å². The SMILES string of the molecule is C[Si](C)(C)c1ccc(P(c2ccc([Si](C)(C)C)cc2)c2ccccn2)cc1. The number of nitrogens with zero attached hydrogens (tertiary/aromatic N) is 1. The minimum atomic E-state index is -1.28. The lowest BCUT2D eigenvalue weighted by molar-refractivity contribution is 1.39. The zero-order valence-electron chi connectivity index (χ0n) is 17.3. The number of aromatic nitrogens is 1. The largest absolute Gasteiger partial charge is 0.256 e. The third-order valence-electron chi connectivity index (χ3n) is 4.86. The molecule has 0 bridgehead atoms. The molecule has 0 spiro atoms. The quantitative estimate of drug-likeness (QED) is 0.461. The van der Waals surface area contributed by atoms with E-state index in [1.165, 1.54) is 26.4 Å². The summed E-state index contributed by atoms with van der Waals surface area (Å²) in [6.07, 6.45) is 1.91. The summed E-state index contributed by atoms with van der Waals surface area (Å²) in [6, 6.07) is 25.0. The molecule has 0 saturated heterocycles. The molecule has 0 atom stereocenters. The lowest BCUT2D eigenvalue weighted by Gasteiger charge is -2.22. The van der Waals surface area contributed by atoms with Gasteiger partial charge in [-0.3, -0.25) is 4.98 Å². The van der Waals surface area contributed by atoms with Crippen LogP contribution in [-0.2, 0) is 0 Å². The molecule has 140 valence electrons. The second-order valence-corrected chi connectivity index (χ2v) is 21.4. The second kappa shape index (κ2) is 7.83. The molecule has 0 aliphatic rings. The van der Waals surface area contributed by atoms with Crippen LogP contribution < -0.4 is 26.4 Å². The molecule has 0 saturated carbocycles. The Kier molecular flexibility index (Phi) is 5.85. The first-order valence-electron chi connectivity index (χ1n) is 9.58. The summed E-state index contributed by atoms with van der Waals surface area (Å²) in [5.74, 6) is 0. The van der Waals surface area contributed by atoms with Crippen molar-refractivity contribution in [3.63, 3.8) is 0 Å². The van der Waals surface area contributed by atoms with Crippen LogP contribution in [0.1, 0.15) is 0 Å². The van der Waals surface area contributed by atoms with Crippen molar-refractivity contribution in [3.8, 4) is 0 Å². The van der Waals surface area contributed by atoms with Crippen LogP contribution in [-0.4, -0.2) is 21.1 Å². The van der Waals surface area contributed by atoms with E-state index in [0.717, 1.165) is 0 Å². The fourth-order valence-electron chi connectivity index (χ4n) is 3.12. The van der Waals surface area contributed by atoms with Crippen molar-refractivity contribution in [2.24, 2.45) is 0 Å². The summed E-state index contributed by atoms with van der Waals surface area (Å²) in [5, 5.41) is 5.78. The number of hydrogen-bond acceptors (Lipinski definition) is 1. The molecular formula is C23H30NPSi2. The normalized spacial score (nSPS) is 12.4. The maximum atomic E-state index is 4.72. The van der Waals surface area contributed by atoms with Crippen LogP contribution in [0.2, 0.25) is 39.3 Å². The smallest absolute Gasteiger partial charge is 0.0775 e. The molecule has 0 unspecified atom stereocenters. The Hall–Kier alpha value is -1.55. The van der Waals surface area contributed by atoms with E-state index in [9.17, 15) is 0 Å². The van der Waals surface area contributed by atoms with Crippen molar-refractivity contribution < 1.29 is 0 Å². The van der Waals surface area contributed by atoms with Crippen LogP contribution in [0.4, 0.5) is 0 Å². The summed E-state index contributed by atoms with van der Waals surface area (Å²) in [5.41, 5.74) is 1.18. The highest BCUT2D eigenvalue weighted by molar-refractivity contribution is 7.79. The van der Waals surface area contributed by atoms with Gasteiger partial charge in [0.2, 0.25) is 0 Å². The van der Waals surface area contributed by atoms with Crippen LogP contribution >= 0.6 is 7.92 Å². The first-order chi connectivity index (χ1) is 12.7. The van der Waals surface area contributed by atoms with E-state index < -0.39 is 24.1 Å². The fourth-order valence-corrected chi connectivity index (χ4v) is 7.59. The highest BCUT2D eigenvalue weighted by Gasteiger charge is 2.22. The van der Waals surface area contributed by atoms with E-state index in [4.69, 9.17) is 4.98 Å². The molecule has 27 heavy (non-hydrogen) atoms. The Bertz CT molecular complexity index is 819. The van der Waals surface area contributed by atoms with Crippen molar-refractivity contribution in [1.82, 2.24) is 4.98 Å². The molecule has 0 amide bonds. The van der Waals surface area contributed by atoms with E-state index in [0.29, 0.717) is 0 Å².